The van der Waals surface area contributed by atoms with Crippen molar-refractivity contribution in [3.8, 4) is 44.5 Å². The molecular formula is C61H38O2. The number of hydrogen-bond donors (Lipinski definition) is 0. The summed E-state index contributed by atoms with van der Waals surface area (Å²) in [5.74, 6) is 0. The van der Waals surface area contributed by atoms with E-state index < -0.39 is 0 Å². The Morgan fingerprint density at radius 1 is 0.317 bits per heavy atom. The Kier molecular flexibility index (Phi) is 6.93. The molecule has 11 aromatic carbocycles. The summed E-state index contributed by atoms with van der Waals surface area (Å²) >= 11 is 0. The average Bonchev–Trinajstić information content (AvgIpc) is 3.98. The van der Waals surface area contributed by atoms with Gasteiger partial charge in [0.25, 0.3) is 0 Å². The lowest BCUT2D eigenvalue weighted by atomic mass is 9.80. The highest BCUT2D eigenvalue weighted by Crippen LogP contribution is 2.53. The first-order chi connectivity index (χ1) is 31.0. The smallest absolute Gasteiger partial charge is 0.147 e. The van der Waals surface area contributed by atoms with E-state index >= 15 is 0 Å². The minimum Gasteiger partial charge on any atom is -0.455 e. The van der Waals surface area contributed by atoms with Gasteiger partial charge in [-0.2, -0.15) is 0 Å². The molecule has 63 heavy (non-hydrogen) atoms. The van der Waals surface area contributed by atoms with Gasteiger partial charge in [-0.05, 0) is 118 Å². The maximum absolute atomic E-state index is 6.79. The number of fused-ring (bicyclic) bond motifs is 15. The van der Waals surface area contributed by atoms with Crippen LogP contribution in [0.5, 0.6) is 0 Å². The van der Waals surface area contributed by atoms with E-state index in [2.05, 4.69) is 208 Å². The Balaban J connectivity index is 0.930. The molecule has 2 aromatic heterocycles. The second-order valence-corrected chi connectivity index (χ2v) is 17.9. The Morgan fingerprint density at radius 3 is 1.68 bits per heavy atom. The van der Waals surface area contributed by atoms with Gasteiger partial charge in [0.1, 0.15) is 22.3 Å². The van der Waals surface area contributed by atoms with E-state index in [0.29, 0.717) is 0 Å². The zero-order valence-corrected chi connectivity index (χ0v) is 34.8. The summed E-state index contributed by atoms with van der Waals surface area (Å²) < 4.78 is 13.6. The van der Waals surface area contributed by atoms with E-state index in [4.69, 9.17) is 8.83 Å². The standard InChI is InChI=1S/C61H38O2/c1-61(2)52-31-27-37(41-22-12-24-50-57-54(62-59(41)50)32-30-49-48-29-25-36-14-4-6-17-40(36)58(48)63-60(49)57)33-51(52)42-28-26-38(34-53(42)61)55-44-18-7-9-20-46(44)56(47-21-10-8-19-45(47)55)43-23-11-15-35-13-3-5-16-39(35)43/h3-34H,1-2H3. The van der Waals surface area contributed by atoms with E-state index in [1.807, 2.05) is 0 Å². The van der Waals surface area contributed by atoms with Crippen LogP contribution in [0.15, 0.2) is 203 Å². The SMILES string of the molecule is CC1(C)c2ccc(-c3cccc4c3oc3ccc5c6ccc7ccccc7c6oc5c34)cc2-c2ccc(-c3c4ccccc4c(-c4cccc5ccccc45)c4ccccc34)cc21. The first-order valence-electron chi connectivity index (χ1n) is 21.9. The Bertz CT molecular complexity index is 4060. The van der Waals surface area contributed by atoms with Crippen LogP contribution in [0, 0.1) is 0 Å². The zero-order valence-electron chi connectivity index (χ0n) is 34.8. The predicted octanol–water partition coefficient (Wildman–Crippen LogP) is 17.4. The van der Waals surface area contributed by atoms with Crippen LogP contribution in [0.3, 0.4) is 0 Å². The molecule has 0 aliphatic heterocycles. The summed E-state index contributed by atoms with van der Waals surface area (Å²) in [6.45, 7) is 4.76. The molecule has 0 unspecified atom stereocenters. The van der Waals surface area contributed by atoms with Gasteiger partial charge in [-0.25, -0.2) is 0 Å². The van der Waals surface area contributed by atoms with Gasteiger partial charge < -0.3 is 8.83 Å². The van der Waals surface area contributed by atoms with Crippen LogP contribution in [-0.2, 0) is 5.41 Å². The first kappa shape index (κ1) is 34.7. The third-order valence-corrected chi connectivity index (χ3v) is 14.3. The molecule has 0 saturated carbocycles. The topological polar surface area (TPSA) is 26.3 Å². The fraction of sp³-hybridized carbons (Fsp3) is 0.0492. The normalized spacial score (nSPS) is 13.4. The molecule has 2 nitrogen and oxygen atoms in total. The predicted molar refractivity (Wildman–Crippen MR) is 265 cm³/mol. The summed E-state index contributed by atoms with van der Waals surface area (Å²) in [5.41, 5.74) is 15.9. The third kappa shape index (κ3) is 4.73. The zero-order chi connectivity index (χ0) is 41.6. The van der Waals surface area contributed by atoms with Crippen molar-refractivity contribution in [3.05, 3.63) is 205 Å². The van der Waals surface area contributed by atoms with Gasteiger partial charge in [0.2, 0.25) is 0 Å². The van der Waals surface area contributed by atoms with Crippen molar-refractivity contribution in [2.75, 3.05) is 0 Å². The minimum absolute atomic E-state index is 0.198. The summed E-state index contributed by atoms with van der Waals surface area (Å²) in [7, 11) is 0. The van der Waals surface area contributed by atoms with Crippen molar-refractivity contribution in [1.29, 1.82) is 0 Å². The largest absolute Gasteiger partial charge is 0.455 e. The van der Waals surface area contributed by atoms with E-state index in [1.165, 1.54) is 82.2 Å². The number of para-hydroxylation sites is 1. The van der Waals surface area contributed by atoms with Crippen LogP contribution in [-0.4, -0.2) is 0 Å². The maximum atomic E-state index is 6.79. The van der Waals surface area contributed by atoms with Crippen molar-refractivity contribution < 1.29 is 8.83 Å². The quantitative estimate of drug-likeness (QED) is 0.166. The lowest BCUT2D eigenvalue weighted by Gasteiger charge is -2.23. The average molecular weight is 803 g/mol. The Hall–Kier alpha value is -7.94. The second-order valence-electron chi connectivity index (χ2n) is 17.9. The fourth-order valence-electron chi connectivity index (χ4n) is 11.3. The molecule has 0 bridgehead atoms. The molecule has 0 saturated heterocycles. The van der Waals surface area contributed by atoms with Gasteiger partial charge in [0.05, 0.1) is 5.39 Å². The molecule has 2 heteroatoms. The van der Waals surface area contributed by atoms with E-state index in [0.717, 1.165) is 60.4 Å². The highest BCUT2D eigenvalue weighted by Gasteiger charge is 2.36. The molecule has 0 N–H and O–H groups in total. The van der Waals surface area contributed by atoms with E-state index in [1.54, 1.807) is 0 Å². The van der Waals surface area contributed by atoms with Gasteiger partial charge in [0, 0.05) is 32.5 Å². The molecule has 294 valence electrons. The Morgan fingerprint density at radius 2 is 0.905 bits per heavy atom. The maximum Gasteiger partial charge on any atom is 0.147 e. The number of benzene rings is 11. The van der Waals surface area contributed by atoms with Gasteiger partial charge in [-0.3, -0.25) is 0 Å². The van der Waals surface area contributed by atoms with Gasteiger partial charge in [0.15, 0.2) is 0 Å². The summed E-state index contributed by atoms with van der Waals surface area (Å²) in [6, 6.07) is 71.2. The first-order valence-corrected chi connectivity index (χ1v) is 21.9. The van der Waals surface area contributed by atoms with Crippen molar-refractivity contribution in [1.82, 2.24) is 0 Å². The van der Waals surface area contributed by atoms with E-state index in [9.17, 15) is 0 Å². The molecule has 13 aromatic rings. The van der Waals surface area contributed by atoms with Crippen LogP contribution in [0.1, 0.15) is 25.0 Å². The van der Waals surface area contributed by atoms with Crippen molar-refractivity contribution in [2.24, 2.45) is 0 Å². The highest BCUT2D eigenvalue weighted by molar-refractivity contribution is 6.26. The summed E-state index contributed by atoms with van der Waals surface area (Å²) in [4.78, 5) is 0. The van der Waals surface area contributed by atoms with Crippen LogP contribution < -0.4 is 0 Å². The van der Waals surface area contributed by atoms with Crippen LogP contribution in [0.25, 0.3) is 131 Å². The summed E-state index contributed by atoms with van der Waals surface area (Å²) in [6.07, 6.45) is 0. The van der Waals surface area contributed by atoms with Crippen molar-refractivity contribution in [2.45, 2.75) is 19.3 Å². The van der Waals surface area contributed by atoms with Gasteiger partial charge in [-0.1, -0.05) is 178 Å². The molecule has 0 amide bonds. The molecule has 0 atom stereocenters. The summed E-state index contributed by atoms with van der Waals surface area (Å²) in [5, 5.41) is 14.2. The minimum atomic E-state index is -0.198. The van der Waals surface area contributed by atoms with Crippen molar-refractivity contribution in [3.63, 3.8) is 0 Å². The number of hydrogen-bond acceptors (Lipinski definition) is 2. The molecule has 0 spiro atoms. The van der Waals surface area contributed by atoms with Crippen LogP contribution in [0.2, 0.25) is 0 Å². The molecule has 1 aliphatic rings. The molecule has 1 aliphatic carbocycles. The molecule has 0 fully saturated rings. The number of furan rings is 2. The van der Waals surface area contributed by atoms with Gasteiger partial charge in [-0.15, -0.1) is 0 Å². The lowest BCUT2D eigenvalue weighted by molar-refractivity contribution is 0.660. The molecule has 14 rings (SSSR count). The number of rotatable bonds is 3. The highest BCUT2D eigenvalue weighted by atomic mass is 16.3. The molecule has 2 heterocycles. The van der Waals surface area contributed by atoms with Gasteiger partial charge >= 0.3 is 0 Å². The van der Waals surface area contributed by atoms with Crippen LogP contribution in [0.4, 0.5) is 0 Å². The van der Waals surface area contributed by atoms with E-state index in [-0.39, 0.29) is 5.41 Å². The van der Waals surface area contributed by atoms with Crippen LogP contribution >= 0.6 is 0 Å². The molecular weight excluding hydrogens is 765 g/mol. The fourth-order valence-corrected chi connectivity index (χ4v) is 11.3. The Labute approximate surface area is 363 Å². The monoisotopic (exact) mass is 802 g/mol. The third-order valence-electron chi connectivity index (χ3n) is 14.3. The second kappa shape index (κ2) is 12.6. The van der Waals surface area contributed by atoms with Crippen molar-refractivity contribution >= 4 is 87.0 Å². The lowest BCUT2D eigenvalue weighted by Crippen LogP contribution is -2.15. The molecule has 0 radical (unpaired) electrons.